The number of aliphatic imine (C=N–C) groups is 1. The maximum atomic E-state index is 11.0. The molecule has 1 aromatic carbocycles. The lowest BCUT2D eigenvalue weighted by Crippen LogP contribution is -2.17. The van der Waals surface area contributed by atoms with Gasteiger partial charge in [0.2, 0.25) is 0 Å². The van der Waals surface area contributed by atoms with Crippen molar-refractivity contribution in [1.29, 1.82) is 0 Å². The van der Waals surface area contributed by atoms with E-state index in [4.69, 9.17) is 5.11 Å². The number of carbonyl (C=O) groups is 1. The number of nitrogens with one attached hydrogen (secondary N) is 1. The van der Waals surface area contributed by atoms with E-state index < -0.39 is 12.0 Å². The van der Waals surface area contributed by atoms with Crippen LogP contribution in [-0.4, -0.2) is 38.9 Å². The van der Waals surface area contributed by atoms with Gasteiger partial charge in [-0.25, -0.2) is 9.78 Å². The van der Waals surface area contributed by atoms with E-state index in [1.165, 1.54) is 11.8 Å². The van der Waals surface area contributed by atoms with Crippen LogP contribution in [0.4, 0.5) is 5.69 Å². The van der Waals surface area contributed by atoms with Crippen LogP contribution >= 0.6 is 23.1 Å². The van der Waals surface area contributed by atoms with Crippen molar-refractivity contribution in [3.05, 3.63) is 23.2 Å². The van der Waals surface area contributed by atoms with E-state index in [2.05, 4.69) is 35.2 Å². The fraction of sp³-hybridized carbons (Fsp3) is 0.357. The van der Waals surface area contributed by atoms with Gasteiger partial charge in [-0.1, -0.05) is 0 Å². The summed E-state index contributed by atoms with van der Waals surface area (Å²) in [6.07, 6.45) is 0. The summed E-state index contributed by atoms with van der Waals surface area (Å²) in [4.78, 5) is 19.7. The Balaban J connectivity index is 1.91. The van der Waals surface area contributed by atoms with E-state index in [9.17, 15) is 4.79 Å². The molecule has 7 heteroatoms. The van der Waals surface area contributed by atoms with E-state index in [0.717, 1.165) is 26.0 Å². The number of aromatic nitrogens is 1. The van der Waals surface area contributed by atoms with Crippen LogP contribution in [0.25, 0.3) is 10.2 Å². The van der Waals surface area contributed by atoms with E-state index >= 15 is 0 Å². The second-order valence-corrected chi connectivity index (χ2v) is 7.14. The summed E-state index contributed by atoms with van der Waals surface area (Å²) in [6.45, 7) is 4.19. The number of aliphatic carboxylic acids is 1. The van der Waals surface area contributed by atoms with E-state index in [0.29, 0.717) is 11.8 Å². The van der Waals surface area contributed by atoms with Crippen LogP contribution in [0.1, 0.15) is 18.9 Å². The normalized spacial score (nSPS) is 18.2. The third-order valence-electron chi connectivity index (χ3n) is 2.96. The molecule has 0 fully saturated rings. The maximum Gasteiger partial charge on any atom is 0.329 e. The van der Waals surface area contributed by atoms with Crippen LogP contribution in [0.15, 0.2) is 23.2 Å². The van der Waals surface area contributed by atoms with E-state index in [-0.39, 0.29) is 0 Å². The lowest BCUT2D eigenvalue weighted by molar-refractivity contribution is -0.137. The Kier molecular flexibility index (Phi) is 3.86. The lowest BCUT2D eigenvalue weighted by atomic mass is 10.2. The fourth-order valence-corrected chi connectivity index (χ4v) is 4.16. The maximum absolute atomic E-state index is 11.0. The quantitative estimate of drug-likeness (QED) is 0.905. The molecule has 0 aliphatic carbocycles. The molecule has 1 unspecified atom stereocenters. The van der Waals surface area contributed by atoms with Gasteiger partial charge >= 0.3 is 5.97 Å². The van der Waals surface area contributed by atoms with E-state index in [1.807, 2.05) is 12.1 Å². The smallest absolute Gasteiger partial charge is 0.329 e. The standard InChI is InChI=1S/C14H15N3O2S2/c1-7(2)15-8-3-4-9-11(5-8)21-13(16-9)12-17-10(6-20-12)14(18)19/h3-5,7,10,15H,6H2,1-2H3,(H,18,19). The van der Waals surface area contributed by atoms with Crippen molar-refractivity contribution in [3.63, 3.8) is 0 Å². The second-order valence-electron chi connectivity index (χ2n) is 5.10. The van der Waals surface area contributed by atoms with Gasteiger partial charge < -0.3 is 10.4 Å². The number of nitrogens with zero attached hydrogens (tertiary/aromatic N) is 2. The van der Waals surface area contributed by atoms with E-state index in [1.54, 1.807) is 11.3 Å². The molecule has 110 valence electrons. The van der Waals surface area contributed by atoms with Crippen LogP contribution in [0, 0.1) is 0 Å². The highest BCUT2D eigenvalue weighted by Gasteiger charge is 2.26. The minimum atomic E-state index is -0.873. The summed E-state index contributed by atoms with van der Waals surface area (Å²) in [6, 6.07) is 5.80. The Labute approximate surface area is 130 Å². The average Bonchev–Trinajstić information content (AvgIpc) is 3.03. The Morgan fingerprint density at radius 1 is 1.48 bits per heavy atom. The number of carboxylic acid groups (broad SMARTS) is 1. The number of hydrogen-bond donors (Lipinski definition) is 2. The highest BCUT2D eigenvalue weighted by atomic mass is 32.2. The molecule has 1 aliphatic heterocycles. The second kappa shape index (κ2) is 5.65. The van der Waals surface area contributed by atoms with Gasteiger partial charge in [0, 0.05) is 17.5 Å². The number of thiazole rings is 1. The fourth-order valence-electron chi connectivity index (χ4n) is 2.06. The highest BCUT2D eigenvalue weighted by molar-refractivity contribution is 8.15. The zero-order valence-corrected chi connectivity index (χ0v) is 13.3. The van der Waals surface area contributed by atoms with Gasteiger partial charge in [-0.3, -0.25) is 4.99 Å². The highest BCUT2D eigenvalue weighted by Crippen LogP contribution is 2.31. The number of thioether (sulfide) groups is 1. The van der Waals surface area contributed by atoms with Crippen LogP contribution in [0.3, 0.4) is 0 Å². The van der Waals surface area contributed by atoms with Crippen LogP contribution in [0.5, 0.6) is 0 Å². The minimum Gasteiger partial charge on any atom is -0.480 e. The Bertz CT molecular complexity index is 724. The van der Waals surface area contributed by atoms with Crippen molar-refractivity contribution in [1.82, 2.24) is 4.98 Å². The van der Waals surface area contributed by atoms with Crippen LogP contribution < -0.4 is 5.32 Å². The monoisotopic (exact) mass is 321 g/mol. The first-order valence-electron chi connectivity index (χ1n) is 6.64. The first kappa shape index (κ1) is 14.3. The Morgan fingerprint density at radius 3 is 2.95 bits per heavy atom. The molecular formula is C14H15N3O2S2. The largest absolute Gasteiger partial charge is 0.480 e. The van der Waals surface area contributed by atoms with Crippen molar-refractivity contribution in [2.24, 2.45) is 4.99 Å². The first-order valence-corrected chi connectivity index (χ1v) is 8.44. The van der Waals surface area contributed by atoms with Crippen molar-refractivity contribution in [2.45, 2.75) is 25.9 Å². The van der Waals surface area contributed by atoms with Gasteiger partial charge in [0.05, 0.1) is 10.2 Å². The van der Waals surface area contributed by atoms with Crippen molar-refractivity contribution in [3.8, 4) is 0 Å². The van der Waals surface area contributed by atoms with Crippen molar-refractivity contribution < 1.29 is 9.90 Å². The molecule has 2 heterocycles. The zero-order valence-electron chi connectivity index (χ0n) is 11.7. The molecule has 1 aromatic heterocycles. The Hall–Kier alpha value is -1.60. The van der Waals surface area contributed by atoms with Crippen LogP contribution in [0.2, 0.25) is 0 Å². The molecule has 0 bridgehead atoms. The third-order valence-corrected chi connectivity index (χ3v) is 5.17. The summed E-state index contributed by atoms with van der Waals surface area (Å²) in [7, 11) is 0. The minimum absolute atomic E-state index is 0.376. The molecule has 0 radical (unpaired) electrons. The van der Waals surface area contributed by atoms with Crippen molar-refractivity contribution in [2.75, 3.05) is 11.1 Å². The number of fused-ring (bicyclic) bond motifs is 1. The summed E-state index contributed by atoms with van der Waals surface area (Å²) >= 11 is 3.02. The average molecular weight is 321 g/mol. The van der Waals surface area contributed by atoms with Gasteiger partial charge in [-0.2, -0.15) is 0 Å². The predicted molar refractivity (Wildman–Crippen MR) is 88.8 cm³/mol. The van der Waals surface area contributed by atoms with Gasteiger partial charge in [-0.15, -0.1) is 23.1 Å². The van der Waals surface area contributed by atoms with Crippen LogP contribution in [-0.2, 0) is 4.79 Å². The molecule has 2 aromatic rings. The number of anilines is 1. The lowest BCUT2D eigenvalue weighted by Gasteiger charge is -2.08. The Morgan fingerprint density at radius 2 is 2.29 bits per heavy atom. The molecule has 0 saturated carbocycles. The molecule has 2 N–H and O–H groups in total. The summed E-state index contributed by atoms with van der Waals surface area (Å²) in [5.74, 6) is -0.386. The van der Waals surface area contributed by atoms with Crippen molar-refractivity contribution >= 4 is 50.0 Å². The van der Waals surface area contributed by atoms with Gasteiger partial charge in [0.1, 0.15) is 10.1 Å². The summed E-state index contributed by atoms with van der Waals surface area (Å²) in [5.41, 5.74) is 1.99. The number of hydrogen-bond acceptors (Lipinski definition) is 6. The topological polar surface area (TPSA) is 74.6 Å². The molecule has 1 atom stereocenters. The molecule has 0 spiro atoms. The predicted octanol–water partition coefficient (Wildman–Crippen LogP) is 3.06. The SMILES string of the molecule is CC(C)Nc1ccc2nc(C3=NC(C(=O)O)CS3)sc2c1. The molecule has 0 saturated heterocycles. The molecular weight excluding hydrogens is 306 g/mol. The third kappa shape index (κ3) is 3.03. The molecule has 5 nitrogen and oxygen atoms in total. The first-order chi connectivity index (χ1) is 10.0. The molecule has 21 heavy (non-hydrogen) atoms. The number of rotatable bonds is 4. The zero-order chi connectivity index (χ0) is 15.0. The summed E-state index contributed by atoms with van der Waals surface area (Å²) in [5, 5.41) is 13.9. The van der Waals surface area contributed by atoms with Gasteiger partial charge in [-0.05, 0) is 32.0 Å². The molecule has 0 amide bonds. The number of carboxylic acids is 1. The van der Waals surface area contributed by atoms with Gasteiger partial charge in [0.25, 0.3) is 0 Å². The molecule has 3 rings (SSSR count). The molecule has 1 aliphatic rings. The van der Waals surface area contributed by atoms with Gasteiger partial charge in [0.15, 0.2) is 6.04 Å². The summed E-state index contributed by atoms with van der Waals surface area (Å²) < 4.78 is 1.08. The number of benzene rings is 1.